The minimum Gasteiger partial charge on any atom is -0.369 e. The van der Waals surface area contributed by atoms with Gasteiger partial charge in [0, 0.05) is 11.1 Å². The molecule has 0 saturated carbocycles. The van der Waals surface area contributed by atoms with Crippen LogP contribution < -0.4 is 5.73 Å². The molecule has 0 saturated heterocycles. The van der Waals surface area contributed by atoms with Crippen LogP contribution in [0.3, 0.4) is 0 Å². The molecule has 21 heavy (non-hydrogen) atoms. The number of hydrogen-bond acceptors (Lipinski definition) is 2. The molecule has 0 aromatic heterocycles. The van der Waals surface area contributed by atoms with Crippen LogP contribution in [0.25, 0.3) is 0 Å². The molecule has 2 rings (SSSR count). The first-order valence-electron chi connectivity index (χ1n) is 6.84. The van der Waals surface area contributed by atoms with Crippen LogP contribution in [-0.4, -0.2) is 6.54 Å². The van der Waals surface area contributed by atoms with Gasteiger partial charge in [-0.2, -0.15) is 0 Å². The Labute approximate surface area is 124 Å². The van der Waals surface area contributed by atoms with Gasteiger partial charge in [-0.1, -0.05) is 48.2 Å². The van der Waals surface area contributed by atoms with Crippen molar-refractivity contribution < 1.29 is 9.13 Å². The van der Waals surface area contributed by atoms with Crippen LogP contribution in [0.15, 0.2) is 48.5 Å². The monoisotopic (exact) mass is 283 g/mol. The first-order valence-corrected chi connectivity index (χ1v) is 6.84. The van der Waals surface area contributed by atoms with Gasteiger partial charge < -0.3 is 10.5 Å². The first kappa shape index (κ1) is 15.2. The SMILES string of the molecule is CC(OCc1ccc(C#CCN)cc1F)c1ccccc1. The molecule has 0 fully saturated rings. The zero-order valence-electron chi connectivity index (χ0n) is 12.0. The third-order valence-corrected chi connectivity index (χ3v) is 3.15. The zero-order valence-corrected chi connectivity index (χ0v) is 12.0. The molecule has 0 heterocycles. The summed E-state index contributed by atoms with van der Waals surface area (Å²) in [6, 6.07) is 14.7. The summed E-state index contributed by atoms with van der Waals surface area (Å²) in [4.78, 5) is 0. The summed E-state index contributed by atoms with van der Waals surface area (Å²) in [5.74, 6) is 5.20. The van der Waals surface area contributed by atoms with Crippen molar-refractivity contribution in [2.75, 3.05) is 6.54 Å². The lowest BCUT2D eigenvalue weighted by atomic mass is 10.1. The van der Waals surface area contributed by atoms with Crippen LogP contribution in [-0.2, 0) is 11.3 Å². The molecule has 108 valence electrons. The molecule has 0 aliphatic heterocycles. The lowest BCUT2D eigenvalue weighted by Gasteiger charge is -2.13. The fraction of sp³-hybridized carbons (Fsp3) is 0.222. The summed E-state index contributed by atoms with van der Waals surface area (Å²) in [6.07, 6.45) is -0.0812. The van der Waals surface area contributed by atoms with E-state index >= 15 is 0 Å². The second kappa shape index (κ2) is 7.58. The van der Waals surface area contributed by atoms with Gasteiger partial charge in [0.2, 0.25) is 0 Å². The normalized spacial score (nSPS) is 11.6. The second-order valence-electron chi connectivity index (χ2n) is 4.68. The van der Waals surface area contributed by atoms with Gasteiger partial charge in [0.05, 0.1) is 19.3 Å². The fourth-order valence-electron chi connectivity index (χ4n) is 1.93. The Morgan fingerprint density at radius 1 is 1.19 bits per heavy atom. The molecular weight excluding hydrogens is 265 g/mol. The highest BCUT2D eigenvalue weighted by molar-refractivity contribution is 5.37. The summed E-state index contributed by atoms with van der Waals surface area (Å²) in [6.45, 7) is 2.45. The van der Waals surface area contributed by atoms with E-state index in [2.05, 4.69) is 11.8 Å². The Hall–Kier alpha value is -2.15. The quantitative estimate of drug-likeness (QED) is 0.873. The van der Waals surface area contributed by atoms with Crippen LogP contribution in [0.4, 0.5) is 4.39 Å². The molecule has 2 aromatic rings. The number of ether oxygens (including phenoxy) is 1. The van der Waals surface area contributed by atoms with Gasteiger partial charge in [-0.15, -0.1) is 0 Å². The molecule has 0 aliphatic carbocycles. The summed E-state index contributed by atoms with van der Waals surface area (Å²) in [7, 11) is 0. The predicted molar refractivity (Wildman–Crippen MR) is 82.0 cm³/mol. The fourth-order valence-corrected chi connectivity index (χ4v) is 1.93. The Kier molecular flexibility index (Phi) is 5.51. The van der Waals surface area contributed by atoms with Crippen LogP contribution in [0.5, 0.6) is 0 Å². The van der Waals surface area contributed by atoms with Crippen LogP contribution in [0.1, 0.15) is 29.7 Å². The average Bonchev–Trinajstić information content (AvgIpc) is 2.52. The van der Waals surface area contributed by atoms with E-state index in [1.807, 2.05) is 37.3 Å². The molecule has 0 spiro atoms. The van der Waals surface area contributed by atoms with E-state index in [0.717, 1.165) is 5.56 Å². The van der Waals surface area contributed by atoms with Crippen molar-refractivity contribution in [2.24, 2.45) is 5.73 Å². The molecule has 2 nitrogen and oxygen atoms in total. The molecule has 0 bridgehead atoms. The maximum absolute atomic E-state index is 14.0. The predicted octanol–water partition coefficient (Wildman–Crippen LogP) is 3.41. The number of halogens is 1. The topological polar surface area (TPSA) is 35.2 Å². The molecule has 2 aromatic carbocycles. The van der Waals surface area contributed by atoms with Gasteiger partial charge in [0.15, 0.2) is 0 Å². The molecular formula is C18H18FNO. The average molecular weight is 283 g/mol. The number of benzene rings is 2. The zero-order chi connectivity index (χ0) is 15.1. The Balaban J connectivity index is 2.00. The van der Waals surface area contributed by atoms with Crippen LogP contribution >= 0.6 is 0 Å². The molecule has 2 N–H and O–H groups in total. The molecule has 3 heteroatoms. The number of rotatable bonds is 4. The maximum atomic E-state index is 14.0. The van der Waals surface area contributed by atoms with E-state index in [9.17, 15) is 4.39 Å². The van der Waals surface area contributed by atoms with Crippen LogP contribution in [0, 0.1) is 17.7 Å². The van der Waals surface area contributed by atoms with Crippen molar-refractivity contribution in [2.45, 2.75) is 19.6 Å². The smallest absolute Gasteiger partial charge is 0.129 e. The lowest BCUT2D eigenvalue weighted by Crippen LogP contribution is -2.02. The minimum atomic E-state index is -0.306. The Morgan fingerprint density at radius 2 is 1.95 bits per heavy atom. The minimum absolute atomic E-state index is 0.0812. The second-order valence-corrected chi connectivity index (χ2v) is 4.68. The number of hydrogen-bond donors (Lipinski definition) is 1. The van der Waals surface area contributed by atoms with Crippen molar-refractivity contribution in [3.05, 3.63) is 71.0 Å². The van der Waals surface area contributed by atoms with E-state index in [4.69, 9.17) is 10.5 Å². The highest BCUT2D eigenvalue weighted by Gasteiger charge is 2.08. The molecule has 0 aliphatic rings. The largest absolute Gasteiger partial charge is 0.369 e. The molecule has 0 amide bonds. The summed E-state index contributed by atoms with van der Waals surface area (Å²) in [5, 5.41) is 0. The van der Waals surface area contributed by atoms with Crippen molar-refractivity contribution in [3.63, 3.8) is 0 Å². The van der Waals surface area contributed by atoms with Gasteiger partial charge in [-0.05, 0) is 24.6 Å². The number of nitrogens with two attached hydrogens (primary N) is 1. The summed E-state index contributed by atoms with van der Waals surface area (Å²) < 4.78 is 19.7. The summed E-state index contributed by atoms with van der Waals surface area (Å²) >= 11 is 0. The third kappa shape index (κ3) is 4.42. The Morgan fingerprint density at radius 3 is 2.62 bits per heavy atom. The highest BCUT2D eigenvalue weighted by Crippen LogP contribution is 2.19. The van der Waals surface area contributed by atoms with Crippen molar-refractivity contribution >= 4 is 0 Å². The highest BCUT2D eigenvalue weighted by atomic mass is 19.1. The standard InChI is InChI=1S/C18H18FNO/c1-14(16-7-3-2-4-8-16)21-13-17-10-9-15(6-5-11-20)12-18(17)19/h2-4,7-10,12,14H,11,13,20H2,1H3. The third-order valence-electron chi connectivity index (χ3n) is 3.15. The molecule has 1 atom stereocenters. The summed E-state index contributed by atoms with van der Waals surface area (Å²) in [5.41, 5.74) is 7.51. The van der Waals surface area contributed by atoms with Crippen molar-refractivity contribution in [1.29, 1.82) is 0 Å². The van der Waals surface area contributed by atoms with E-state index < -0.39 is 0 Å². The van der Waals surface area contributed by atoms with E-state index in [0.29, 0.717) is 11.1 Å². The molecule has 1 unspecified atom stereocenters. The van der Waals surface area contributed by atoms with Gasteiger partial charge in [0.1, 0.15) is 5.82 Å². The van der Waals surface area contributed by atoms with Crippen molar-refractivity contribution in [1.82, 2.24) is 0 Å². The van der Waals surface area contributed by atoms with Gasteiger partial charge in [0.25, 0.3) is 0 Å². The maximum Gasteiger partial charge on any atom is 0.129 e. The first-order chi connectivity index (χ1) is 10.2. The van der Waals surface area contributed by atoms with Crippen molar-refractivity contribution in [3.8, 4) is 11.8 Å². The van der Waals surface area contributed by atoms with Gasteiger partial charge in [-0.3, -0.25) is 0 Å². The molecule has 0 radical (unpaired) electrons. The van der Waals surface area contributed by atoms with E-state index in [-0.39, 0.29) is 25.1 Å². The lowest BCUT2D eigenvalue weighted by molar-refractivity contribution is 0.0509. The van der Waals surface area contributed by atoms with E-state index in [1.165, 1.54) is 6.07 Å². The van der Waals surface area contributed by atoms with Gasteiger partial charge in [-0.25, -0.2) is 4.39 Å². The Bertz CT molecular complexity index is 643. The van der Waals surface area contributed by atoms with Crippen LogP contribution in [0.2, 0.25) is 0 Å². The van der Waals surface area contributed by atoms with Gasteiger partial charge >= 0.3 is 0 Å². The van der Waals surface area contributed by atoms with E-state index in [1.54, 1.807) is 12.1 Å².